The van der Waals surface area contributed by atoms with Gasteiger partial charge in [0, 0.05) is 23.9 Å². The standard InChI is InChI=1S/C20H18FN3O4/c21-14-4-1-12(2-5-14)19-16(17(10-25)28-24-19)11-27-18-8-3-13(9-22-18)20(26)23-15-6-7-15/h1-5,8-9,15,25H,6-7,10-11H2,(H,23,26). The van der Waals surface area contributed by atoms with Crippen molar-refractivity contribution >= 4 is 5.91 Å². The molecule has 0 atom stereocenters. The van der Waals surface area contributed by atoms with Crippen LogP contribution in [0.4, 0.5) is 4.39 Å². The summed E-state index contributed by atoms with van der Waals surface area (Å²) in [6.45, 7) is -0.298. The van der Waals surface area contributed by atoms with Crippen molar-refractivity contribution in [2.45, 2.75) is 32.1 Å². The van der Waals surface area contributed by atoms with E-state index in [0.717, 1.165) is 12.8 Å². The summed E-state index contributed by atoms with van der Waals surface area (Å²) in [5.41, 5.74) is 2.12. The third-order valence-electron chi connectivity index (χ3n) is 4.41. The fraction of sp³-hybridized carbons (Fsp3) is 0.250. The van der Waals surface area contributed by atoms with Crippen LogP contribution in [0, 0.1) is 5.82 Å². The summed E-state index contributed by atoms with van der Waals surface area (Å²) in [6.07, 6.45) is 3.49. The minimum Gasteiger partial charge on any atom is -0.473 e. The zero-order chi connectivity index (χ0) is 19.5. The molecule has 1 aromatic carbocycles. The minimum absolute atomic E-state index is 0.0483. The third kappa shape index (κ3) is 4.01. The molecule has 1 saturated carbocycles. The number of rotatable bonds is 7. The number of ether oxygens (including phenoxy) is 1. The molecule has 1 fully saturated rings. The average Bonchev–Trinajstić information content (AvgIpc) is 3.44. The van der Waals surface area contributed by atoms with Crippen LogP contribution in [-0.4, -0.2) is 27.2 Å². The van der Waals surface area contributed by atoms with Gasteiger partial charge in [-0.15, -0.1) is 0 Å². The van der Waals surface area contributed by atoms with Crippen LogP contribution in [0.15, 0.2) is 47.1 Å². The smallest absolute Gasteiger partial charge is 0.253 e. The molecule has 1 aliphatic carbocycles. The van der Waals surface area contributed by atoms with Crippen LogP contribution in [0.3, 0.4) is 0 Å². The second-order valence-electron chi connectivity index (χ2n) is 6.52. The van der Waals surface area contributed by atoms with E-state index in [0.29, 0.717) is 28.3 Å². The molecular formula is C20H18FN3O4. The zero-order valence-electron chi connectivity index (χ0n) is 14.9. The number of carbonyl (C=O) groups is 1. The van der Waals surface area contributed by atoms with Crippen molar-refractivity contribution in [2.24, 2.45) is 0 Å². The number of pyridine rings is 1. The van der Waals surface area contributed by atoms with E-state index in [4.69, 9.17) is 9.26 Å². The maximum absolute atomic E-state index is 13.2. The Hall–Kier alpha value is -3.26. The molecule has 2 N–H and O–H groups in total. The molecule has 2 aromatic heterocycles. The van der Waals surface area contributed by atoms with Crippen LogP contribution < -0.4 is 10.1 Å². The van der Waals surface area contributed by atoms with Gasteiger partial charge >= 0.3 is 0 Å². The molecule has 0 unspecified atom stereocenters. The summed E-state index contributed by atoms with van der Waals surface area (Å²) < 4.78 is 24.0. The Kier molecular flexibility index (Phi) is 5.03. The second kappa shape index (κ2) is 7.77. The van der Waals surface area contributed by atoms with E-state index in [1.54, 1.807) is 24.3 Å². The highest BCUT2D eigenvalue weighted by Gasteiger charge is 2.24. The Morgan fingerprint density at radius 3 is 2.68 bits per heavy atom. The van der Waals surface area contributed by atoms with Crippen LogP contribution in [-0.2, 0) is 13.2 Å². The van der Waals surface area contributed by atoms with Crippen molar-refractivity contribution in [3.63, 3.8) is 0 Å². The number of nitrogens with zero attached hydrogens (tertiary/aromatic N) is 2. The third-order valence-corrected chi connectivity index (χ3v) is 4.41. The van der Waals surface area contributed by atoms with Gasteiger partial charge in [0.05, 0.1) is 11.1 Å². The minimum atomic E-state index is -0.359. The van der Waals surface area contributed by atoms with Crippen LogP contribution in [0.25, 0.3) is 11.3 Å². The summed E-state index contributed by atoms with van der Waals surface area (Å²) in [7, 11) is 0. The van der Waals surface area contributed by atoms with E-state index in [9.17, 15) is 14.3 Å². The molecule has 1 aliphatic rings. The summed E-state index contributed by atoms with van der Waals surface area (Å²) in [5.74, 6) is 0.0714. The second-order valence-corrected chi connectivity index (χ2v) is 6.52. The first-order chi connectivity index (χ1) is 13.6. The predicted octanol–water partition coefficient (Wildman–Crippen LogP) is 2.84. The Morgan fingerprint density at radius 1 is 1.25 bits per heavy atom. The van der Waals surface area contributed by atoms with E-state index in [-0.39, 0.29) is 36.7 Å². The molecule has 144 valence electrons. The van der Waals surface area contributed by atoms with Gasteiger partial charge in [0.2, 0.25) is 5.88 Å². The normalized spacial score (nSPS) is 13.4. The molecule has 2 heterocycles. The van der Waals surface area contributed by atoms with Crippen molar-refractivity contribution in [1.29, 1.82) is 0 Å². The van der Waals surface area contributed by atoms with E-state index in [1.165, 1.54) is 18.3 Å². The first kappa shape index (κ1) is 18.1. The van der Waals surface area contributed by atoms with Gasteiger partial charge in [0.25, 0.3) is 5.91 Å². The number of hydrogen-bond acceptors (Lipinski definition) is 6. The molecule has 3 aromatic rings. The maximum Gasteiger partial charge on any atom is 0.253 e. The van der Waals surface area contributed by atoms with Gasteiger partial charge in [-0.2, -0.15) is 0 Å². The van der Waals surface area contributed by atoms with Gasteiger partial charge in [-0.25, -0.2) is 9.37 Å². The lowest BCUT2D eigenvalue weighted by Crippen LogP contribution is -2.25. The van der Waals surface area contributed by atoms with Crippen LogP contribution in [0.5, 0.6) is 5.88 Å². The van der Waals surface area contributed by atoms with Crippen LogP contribution >= 0.6 is 0 Å². The Labute approximate surface area is 160 Å². The molecule has 28 heavy (non-hydrogen) atoms. The lowest BCUT2D eigenvalue weighted by Gasteiger charge is -2.08. The van der Waals surface area contributed by atoms with Crippen molar-refractivity contribution < 1.29 is 23.6 Å². The summed E-state index contributed by atoms with van der Waals surface area (Å²) >= 11 is 0. The highest BCUT2D eigenvalue weighted by Crippen LogP contribution is 2.27. The molecule has 0 radical (unpaired) electrons. The van der Waals surface area contributed by atoms with Crippen LogP contribution in [0.2, 0.25) is 0 Å². The zero-order valence-corrected chi connectivity index (χ0v) is 14.9. The number of halogens is 1. The number of hydrogen-bond donors (Lipinski definition) is 2. The fourth-order valence-electron chi connectivity index (χ4n) is 2.69. The number of aliphatic hydroxyl groups is 1. The lowest BCUT2D eigenvalue weighted by atomic mass is 10.1. The molecule has 0 saturated heterocycles. The van der Waals surface area contributed by atoms with Crippen molar-refractivity contribution in [3.8, 4) is 17.1 Å². The van der Waals surface area contributed by atoms with E-state index >= 15 is 0 Å². The molecule has 7 nitrogen and oxygen atoms in total. The van der Waals surface area contributed by atoms with Crippen molar-refractivity contribution in [1.82, 2.24) is 15.5 Å². The molecule has 8 heteroatoms. The molecule has 4 rings (SSSR count). The fourth-order valence-corrected chi connectivity index (χ4v) is 2.69. The van der Waals surface area contributed by atoms with Crippen molar-refractivity contribution in [3.05, 3.63) is 65.3 Å². The van der Waals surface area contributed by atoms with E-state index < -0.39 is 0 Å². The number of carbonyl (C=O) groups excluding carboxylic acids is 1. The number of nitrogens with one attached hydrogen (secondary N) is 1. The van der Waals surface area contributed by atoms with Gasteiger partial charge in [-0.3, -0.25) is 4.79 Å². The Morgan fingerprint density at radius 2 is 2.04 bits per heavy atom. The summed E-state index contributed by atoms with van der Waals surface area (Å²) in [6, 6.07) is 9.30. The highest BCUT2D eigenvalue weighted by molar-refractivity contribution is 5.94. The van der Waals surface area contributed by atoms with Gasteiger partial charge < -0.3 is 19.7 Å². The highest BCUT2D eigenvalue weighted by atomic mass is 19.1. The summed E-state index contributed by atoms with van der Waals surface area (Å²) in [4.78, 5) is 16.1. The molecule has 0 aliphatic heterocycles. The van der Waals surface area contributed by atoms with Gasteiger partial charge in [-0.1, -0.05) is 5.16 Å². The number of aromatic nitrogens is 2. The van der Waals surface area contributed by atoms with Gasteiger partial charge in [0.1, 0.15) is 24.7 Å². The molecule has 1 amide bonds. The van der Waals surface area contributed by atoms with Crippen molar-refractivity contribution in [2.75, 3.05) is 0 Å². The van der Waals surface area contributed by atoms with E-state index in [2.05, 4.69) is 15.5 Å². The Bertz CT molecular complexity index is 966. The average molecular weight is 383 g/mol. The quantitative estimate of drug-likeness (QED) is 0.651. The predicted molar refractivity (Wildman–Crippen MR) is 96.9 cm³/mol. The molecule has 0 spiro atoms. The van der Waals surface area contributed by atoms with E-state index in [1.807, 2.05) is 0 Å². The lowest BCUT2D eigenvalue weighted by molar-refractivity contribution is 0.0950. The number of benzene rings is 1. The number of aliphatic hydroxyl groups excluding tert-OH is 1. The topological polar surface area (TPSA) is 97.5 Å². The first-order valence-corrected chi connectivity index (χ1v) is 8.88. The SMILES string of the molecule is O=C(NC1CC1)c1ccc(OCc2c(-c3ccc(F)cc3)noc2CO)nc1. The maximum atomic E-state index is 13.2. The monoisotopic (exact) mass is 383 g/mol. The Balaban J connectivity index is 1.47. The van der Waals surface area contributed by atoms with Crippen LogP contribution in [0.1, 0.15) is 34.5 Å². The molecular weight excluding hydrogens is 365 g/mol. The molecule has 0 bridgehead atoms. The summed E-state index contributed by atoms with van der Waals surface area (Å²) in [5, 5.41) is 16.3. The van der Waals surface area contributed by atoms with Gasteiger partial charge in [0.15, 0.2) is 5.76 Å². The first-order valence-electron chi connectivity index (χ1n) is 8.88. The van der Waals surface area contributed by atoms with Gasteiger partial charge in [-0.05, 0) is 43.2 Å². The largest absolute Gasteiger partial charge is 0.473 e. The number of amides is 1.